The molecule has 1 amide bonds. The number of amidine groups is 1. The van der Waals surface area contributed by atoms with Crippen LogP contribution in [0.15, 0.2) is 76.4 Å². The van der Waals surface area contributed by atoms with E-state index in [1.165, 1.54) is 0 Å². The molecule has 11 heteroatoms. The summed E-state index contributed by atoms with van der Waals surface area (Å²) in [4.78, 5) is 28.2. The van der Waals surface area contributed by atoms with Crippen molar-refractivity contribution < 1.29 is 23.5 Å². The Kier molecular flexibility index (Phi) is 7.68. The third-order valence-electron chi connectivity index (χ3n) is 9.56. The van der Waals surface area contributed by atoms with Crippen molar-refractivity contribution in [1.82, 2.24) is 14.4 Å². The molecule has 11 nitrogen and oxygen atoms in total. The van der Waals surface area contributed by atoms with Gasteiger partial charge in [0.1, 0.15) is 23.4 Å². The highest BCUT2D eigenvalue weighted by atomic mass is 16.5. The molecule has 1 aromatic heterocycles. The van der Waals surface area contributed by atoms with Crippen LogP contribution in [-0.2, 0) is 11.8 Å². The Morgan fingerprint density at radius 3 is 2.56 bits per heavy atom. The lowest BCUT2D eigenvalue weighted by atomic mass is 10.0. The molecule has 2 aromatic carbocycles. The molecule has 0 saturated carbocycles. The number of aliphatic imine (C=N–C) groups is 2. The van der Waals surface area contributed by atoms with E-state index in [4.69, 9.17) is 19.2 Å². The van der Waals surface area contributed by atoms with Crippen molar-refractivity contribution in [2.45, 2.75) is 18.9 Å². The number of quaternary nitrogens is 1. The molecule has 0 aliphatic carbocycles. The number of allylic oxidation sites excluding steroid dienone is 1. The van der Waals surface area contributed by atoms with Gasteiger partial charge in [-0.2, -0.15) is 4.99 Å². The number of nitrogens with one attached hydrogen (secondary N) is 1. The number of morpholine rings is 1. The molecule has 0 radical (unpaired) electrons. The van der Waals surface area contributed by atoms with Gasteiger partial charge in [-0.25, -0.2) is 4.48 Å². The summed E-state index contributed by atoms with van der Waals surface area (Å²) in [5.74, 6) is 2.91. The second-order valence-electron chi connectivity index (χ2n) is 12.0. The van der Waals surface area contributed by atoms with Crippen LogP contribution in [0.1, 0.15) is 28.9 Å². The Morgan fingerprint density at radius 1 is 1.02 bits per heavy atom. The standard InChI is InChI=1S/C34H39N7O4/c1-38-27-6-5-7-30(43-3)25(27)21-28(38)34(42)36-26-9-8-23(20-31(26)44-4)33-37-32(29-22-35-12-17-41(29,33)2)40-13-10-24(11-14-40)39-15-18-45-19-16-39/h5-9,12,17,20-22,24H,10-11,13-16,18-19H2,1-4H3/p+1. The normalized spacial score (nSPS) is 22.1. The van der Waals surface area contributed by atoms with Crippen molar-refractivity contribution in [3.05, 3.63) is 77.6 Å². The lowest BCUT2D eigenvalue weighted by Crippen LogP contribution is -2.49. The summed E-state index contributed by atoms with van der Waals surface area (Å²) in [5.41, 5.74) is 3.99. The quantitative estimate of drug-likeness (QED) is 0.404. The van der Waals surface area contributed by atoms with Crippen molar-refractivity contribution in [1.29, 1.82) is 0 Å². The molecule has 1 unspecified atom stereocenters. The number of nitrogens with zero attached hydrogens (tertiary/aromatic N) is 6. The minimum atomic E-state index is -0.235. The number of methoxy groups -OCH3 is 2. The lowest BCUT2D eigenvalue weighted by Gasteiger charge is -2.40. The van der Waals surface area contributed by atoms with Crippen molar-refractivity contribution in [2.24, 2.45) is 17.0 Å². The van der Waals surface area contributed by atoms with Gasteiger partial charge in [0.05, 0.1) is 63.7 Å². The molecule has 2 saturated heterocycles. The van der Waals surface area contributed by atoms with Crippen LogP contribution in [0.25, 0.3) is 10.9 Å². The summed E-state index contributed by atoms with van der Waals surface area (Å²) in [7, 11) is 7.26. The lowest BCUT2D eigenvalue weighted by molar-refractivity contribution is -0.713. The fraction of sp³-hybridized carbons (Fsp3) is 0.382. The fourth-order valence-electron chi connectivity index (χ4n) is 7.00. The SMILES string of the molecule is COc1cc(C2=NC(N3CCC(N4CCOCC4)CC3)=C3C=NC=C[N+]23C)ccc1NC(=O)c1cc2c(OC)cccc2n1C. The van der Waals surface area contributed by atoms with Crippen LogP contribution < -0.4 is 14.8 Å². The first-order chi connectivity index (χ1) is 21.9. The van der Waals surface area contributed by atoms with Crippen LogP contribution in [0, 0.1) is 0 Å². The summed E-state index contributed by atoms with van der Waals surface area (Å²) in [6, 6.07) is 14.1. The van der Waals surface area contributed by atoms with E-state index in [1.807, 2.05) is 66.5 Å². The Bertz CT molecular complexity index is 1760. The number of anilines is 1. The largest absolute Gasteiger partial charge is 0.496 e. The van der Waals surface area contributed by atoms with Gasteiger partial charge in [0.25, 0.3) is 5.91 Å². The third kappa shape index (κ3) is 5.10. The summed E-state index contributed by atoms with van der Waals surface area (Å²) < 4.78 is 19.2. The van der Waals surface area contributed by atoms with Gasteiger partial charge in [0, 0.05) is 44.7 Å². The number of aromatic nitrogens is 1. The second kappa shape index (κ2) is 11.8. The van der Waals surface area contributed by atoms with Crippen molar-refractivity contribution in [3.8, 4) is 11.5 Å². The van der Waals surface area contributed by atoms with Gasteiger partial charge in [-0.3, -0.25) is 14.7 Å². The minimum Gasteiger partial charge on any atom is -0.496 e. The van der Waals surface area contributed by atoms with Crippen LogP contribution >= 0.6 is 0 Å². The van der Waals surface area contributed by atoms with E-state index >= 15 is 0 Å². The second-order valence-corrected chi connectivity index (χ2v) is 12.0. The molecular formula is C34H40N7O4+. The maximum atomic E-state index is 13.5. The molecule has 3 aromatic rings. The van der Waals surface area contributed by atoms with Gasteiger partial charge >= 0.3 is 0 Å². The van der Waals surface area contributed by atoms with Crippen LogP contribution in [0.2, 0.25) is 0 Å². The maximum Gasteiger partial charge on any atom is 0.272 e. The Balaban J connectivity index is 1.14. The number of hydrogen-bond donors (Lipinski definition) is 1. The molecule has 0 bridgehead atoms. The zero-order valence-corrected chi connectivity index (χ0v) is 26.3. The Labute approximate surface area is 263 Å². The molecule has 4 aliphatic heterocycles. The van der Waals surface area contributed by atoms with Crippen LogP contribution in [-0.4, -0.2) is 104 Å². The van der Waals surface area contributed by atoms with Crippen molar-refractivity contribution in [3.63, 3.8) is 0 Å². The zero-order chi connectivity index (χ0) is 31.1. The minimum absolute atomic E-state index is 0.235. The fourth-order valence-corrected chi connectivity index (χ4v) is 7.00. The first kappa shape index (κ1) is 29.3. The summed E-state index contributed by atoms with van der Waals surface area (Å²) in [5, 5.41) is 3.94. The zero-order valence-electron chi connectivity index (χ0n) is 26.3. The first-order valence-electron chi connectivity index (χ1n) is 15.5. The number of carbonyl (C=O) groups excluding carboxylic acids is 1. The molecule has 45 heavy (non-hydrogen) atoms. The van der Waals surface area contributed by atoms with Crippen LogP contribution in [0.3, 0.4) is 0 Å². The highest BCUT2D eigenvalue weighted by Crippen LogP contribution is 2.38. The number of carbonyl (C=O) groups is 1. The van der Waals surface area contributed by atoms with Crippen molar-refractivity contribution in [2.75, 3.05) is 66.0 Å². The molecule has 4 aliphatic rings. The van der Waals surface area contributed by atoms with E-state index < -0.39 is 0 Å². The number of likely N-dealkylation sites (tertiary alicyclic amines) is 1. The number of rotatable bonds is 7. The average molecular weight is 611 g/mol. The molecule has 1 N–H and O–H groups in total. The van der Waals surface area contributed by atoms with E-state index in [2.05, 4.69) is 33.4 Å². The van der Waals surface area contributed by atoms with E-state index in [9.17, 15) is 4.79 Å². The molecule has 2 fully saturated rings. The van der Waals surface area contributed by atoms with E-state index in [1.54, 1.807) is 14.2 Å². The molecular weight excluding hydrogens is 570 g/mol. The highest BCUT2D eigenvalue weighted by Gasteiger charge is 2.45. The van der Waals surface area contributed by atoms with Gasteiger partial charge in [-0.1, -0.05) is 6.07 Å². The first-order valence-corrected chi connectivity index (χ1v) is 15.5. The van der Waals surface area contributed by atoms with E-state index in [0.717, 1.165) is 91.8 Å². The summed E-state index contributed by atoms with van der Waals surface area (Å²) >= 11 is 0. The van der Waals surface area contributed by atoms with Crippen molar-refractivity contribution >= 4 is 34.5 Å². The van der Waals surface area contributed by atoms with Gasteiger partial charge in [-0.15, -0.1) is 0 Å². The third-order valence-corrected chi connectivity index (χ3v) is 9.56. The molecule has 0 spiro atoms. The summed E-state index contributed by atoms with van der Waals surface area (Å²) in [6.45, 7) is 5.58. The number of hydrogen-bond acceptors (Lipinski definition) is 8. The highest BCUT2D eigenvalue weighted by molar-refractivity contribution is 6.08. The van der Waals surface area contributed by atoms with Crippen LogP contribution in [0.4, 0.5) is 5.69 Å². The van der Waals surface area contributed by atoms with E-state index in [-0.39, 0.29) is 5.91 Å². The van der Waals surface area contributed by atoms with Gasteiger partial charge in [0.2, 0.25) is 11.5 Å². The molecule has 1 atom stereocenters. The molecule has 5 heterocycles. The predicted octanol–water partition coefficient (Wildman–Crippen LogP) is 4.18. The number of aryl methyl sites for hydroxylation is 1. The number of benzene rings is 2. The predicted molar refractivity (Wildman–Crippen MR) is 175 cm³/mol. The number of ether oxygens (including phenoxy) is 3. The molecule has 7 rings (SSSR count). The maximum absolute atomic E-state index is 13.5. The number of amides is 1. The Morgan fingerprint density at radius 2 is 1.80 bits per heavy atom. The molecule has 234 valence electrons. The van der Waals surface area contributed by atoms with Crippen LogP contribution in [0.5, 0.6) is 11.5 Å². The van der Waals surface area contributed by atoms with E-state index in [0.29, 0.717) is 27.7 Å². The topological polar surface area (TPSA) is 92.9 Å². The van der Waals surface area contributed by atoms with Gasteiger partial charge in [-0.05, 0) is 49.2 Å². The smallest absolute Gasteiger partial charge is 0.272 e. The monoisotopic (exact) mass is 610 g/mol. The summed E-state index contributed by atoms with van der Waals surface area (Å²) in [6.07, 6.45) is 8.04. The number of piperidine rings is 1. The average Bonchev–Trinajstić information content (AvgIpc) is 3.59. The Hall–Kier alpha value is -4.45. The van der Waals surface area contributed by atoms with Gasteiger partial charge in [0.15, 0.2) is 5.82 Å². The number of fused-ring (bicyclic) bond motifs is 2. The van der Waals surface area contributed by atoms with Gasteiger partial charge < -0.3 is 29.0 Å².